The molecule has 0 amide bonds. The molecule has 0 saturated carbocycles. The molecule has 0 aliphatic rings. The second-order valence-corrected chi connectivity index (χ2v) is 4.41. The maximum Gasteiger partial charge on any atom is 0.124 e. The molecule has 1 aromatic carbocycles. The van der Waals surface area contributed by atoms with Gasteiger partial charge in [-0.05, 0) is 29.0 Å². The van der Waals surface area contributed by atoms with E-state index in [0.717, 1.165) is 5.39 Å². The van der Waals surface area contributed by atoms with Crippen molar-refractivity contribution in [2.24, 2.45) is 0 Å². The Kier molecular flexibility index (Phi) is 2.00. The summed E-state index contributed by atoms with van der Waals surface area (Å²) in [6, 6.07) is 5.69. The first kappa shape index (κ1) is 8.57. The van der Waals surface area contributed by atoms with Crippen LogP contribution >= 0.6 is 11.3 Å². The third kappa shape index (κ3) is 1.31. The minimum absolute atomic E-state index is 0.405. The van der Waals surface area contributed by atoms with Crippen LogP contribution in [0, 0.1) is 0 Å². The lowest BCUT2D eigenvalue weighted by Crippen LogP contribution is -1.83. The SMILES string of the molecule is CC(C)c1csc2cccc(O)c12. The molecule has 1 heterocycles. The number of hydrogen-bond donors (Lipinski definition) is 1. The Morgan fingerprint density at radius 3 is 2.77 bits per heavy atom. The molecule has 0 unspecified atom stereocenters. The fourth-order valence-corrected chi connectivity index (χ4v) is 2.66. The highest BCUT2D eigenvalue weighted by molar-refractivity contribution is 7.17. The van der Waals surface area contributed by atoms with E-state index in [1.54, 1.807) is 17.4 Å². The number of thiophene rings is 1. The Morgan fingerprint density at radius 1 is 1.31 bits per heavy atom. The van der Waals surface area contributed by atoms with E-state index < -0.39 is 0 Å². The molecule has 0 radical (unpaired) electrons. The zero-order valence-corrected chi connectivity index (χ0v) is 8.56. The molecule has 0 spiro atoms. The Bertz CT molecular complexity index is 429. The topological polar surface area (TPSA) is 20.2 Å². The van der Waals surface area contributed by atoms with Crippen molar-refractivity contribution in [3.05, 3.63) is 29.1 Å². The van der Waals surface area contributed by atoms with Gasteiger partial charge < -0.3 is 5.11 Å². The van der Waals surface area contributed by atoms with Crippen LogP contribution in [0.25, 0.3) is 10.1 Å². The number of aromatic hydroxyl groups is 1. The van der Waals surface area contributed by atoms with Gasteiger partial charge >= 0.3 is 0 Å². The van der Waals surface area contributed by atoms with Gasteiger partial charge in [-0.25, -0.2) is 0 Å². The van der Waals surface area contributed by atoms with Gasteiger partial charge in [-0.3, -0.25) is 0 Å². The molecule has 2 aromatic rings. The van der Waals surface area contributed by atoms with E-state index in [1.165, 1.54) is 10.3 Å². The van der Waals surface area contributed by atoms with Crippen LogP contribution in [0.3, 0.4) is 0 Å². The first-order chi connectivity index (χ1) is 6.20. The van der Waals surface area contributed by atoms with Gasteiger partial charge in [0.05, 0.1) is 0 Å². The van der Waals surface area contributed by atoms with E-state index in [-0.39, 0.29) is 0 Å². The maximum atomic E-state index is 9.70. The molecule has 13 heavy (non-hydrogen) atoms. The van der Waals surface area contributed by atoms with E-state index in [4.69, 9.17) is 0 Å². The molecule has 0 atom stereocenters. The van der Waals surface area contributed by atoms with Gasteiger partial charge in [0, 0.05) is 10.1 Å². The molecule has 1 N–H and O–H groups in total. The van der Waals surface area contributed by atoms with Crippen LogP contribution in [0.2, 0.25) is 0 Å². The highest BCUT2D eigenvalue weighted by Crippen LogP contribution is 2.36. The standard InChI is InChI=1S/C11H12OS/c1-7(2)8-6-13-10-5-3-4-9(12)11(8)10/h3-7,12H,1-2H3. The highest BCUT2D eigenvalue weighted by Gasteiger charge is 2.10. The van der Waals surface area contributed by atoms with Crippen molar-refractivity contribution in [2.45, 2.75) is 19.8 Å². The molecule has 0 bridgehead atoms. The fourth-order valence-electron chi connectivity index (χ4n) is 1.52. The summed E-state index contributed by atoms with van der Waals surface area (Å²) in [6.07, 6.45) is 0. The maximum absolute atomic E-state index is 9.70. The Balaban J connectivity index is 2.79. The quantitative estimate of drug-likeness (QED) is 0.730. The summed E-state index contributed by atoms with van der Waals surface area (Å²) in [6.45, 7) is 4.29. The number of phenols is 1. The average molecular weight is 192 g/mol. The second-order valence-electron chi connectivity index (χ2n) is 3.50. The first-order valence-electron chi connectivity index (χ1n) is 4.39. The zero-order chi connectivity index (χ0) is 9.42. The molecule has 0 saturated heterocycles. The van der Waals surface area contributed by atoms with Crippen LogP contribution < -0.4 is 0 Å². The summed E-state index contributed by atoms with van der Waals surface area (Å²) in [7, 11) is 0. The van der Waals surface area contributed by atoms with Crippen molar-refractivity contribution in [3.63, 3.8) is 0 Å². The van der Waals surface area contributed by atoms with Crippen LogP contribution in [-0.4, -0.2) is 5.11 Å². The van der Waals surface area contributed by atoms with Crippen LogP contribution in [0.1, 0.15) is 25.3 Å². The minimum atomic E-state index is 0.405. The van der Waals surface area contributed by atoms with Crippen LogP contribution in [0.5, 0.6) is 5.75 Å². The van der Waals surface area contributed by atoms with Gasteiger partial charge in [-0.2, -0.15) is 0 Å². The first-order valence-corrected chi connectivity index (χ1v) is 5.27. The van der Waals surface area contributed by atoms with Gasteiger partial charge in [-0.1, -0.05) is 19.9 Å². The Morgan fingerprint density at radius 2 is 2.08 bits per heavy atom. The number of rotatable bonds is 1. The summed E-state index contributed by atoms with van der Waals surface area (Å²) in [5.41, 5.74) is 1.25. The van der Waals surface area contributed by atoms with Crippen molar-refractivity contribution in [1.29, 1.82) is 0 Å². The number of hydrogen-bond acceptors (Lipinski definition) is 2. The lowest BCUT2D eigenvalue weighted by Gasteiger charge is -2.03. The summed E-state index contributed by atoms with van der Waals surface area (Å²) >= 11 is 1.70. The van der Waals surface area contributed by atoms with Gasteiger partial charge in [0.2, 0.25) is 0 Å². The molecule has 2 rings (SSSR count). The van der Waals surface area contributed by atoms with E-state index in [0.29, 0.717) is 11.7 Å². The third-order valence-electron chi connectivity index (χ3n) is 2.23. The van der Waals surface area contributed by atoms with Crippen LogP contribution in [-0.2, 0) is 0 Å². The van der Waals surface area contributed by atoms with E-state index in [2.05, 4.69) is 19.2 Å². The number of fused-ring (bicyclic) bond motifs is 1. The predicted molar refractivity (Wildman–Crippen MR) is 57.6 cm³/mol. The predicted octanol–water partition coefficient (Wildman–Crippen LogP) is 3.73. The molecular formula is C11H12OS. The zero-order valence-electron chi connectivity index (χ0n) is 7.74. The van der Waals surface area contributed by atoms with E-state index in [9.17, 15) is 5.11 Å². The van der Waals surface area contributed by atoms with Gasteiger partial charge in [-0.15, -0.1) is 11.3 Å². The second kappa shape index (κ2) is 3.04. The summed E-state index contributed by atoms with van der Waals surface area (Å²) in [5, 5.41) is 12.9. The summed E-state index contributed by atoms with van der Waals surface area (Å²) in [5.74, 6) is 0.879. The molecule has 0 aliphatic carbocycles. The van der Waals surface area contributed by atoms with Crippen molar-refractivity contribution >= 4 is 21.4 Å². The Hall–Kier alpha value is -1.02. The van der Waals surface area contributed by atoms with Gasteiger partial charge in [0.1, 0.15) is 5.75 Å². The minimum Gasteiger partial charge on any atom is -0.507 e. The molecule has 0 aliphatic heterocycles. The average Bonchev–Trinajstić information content (AvgIpc) is 2.49. The van der Waals surface area contributed by atoms with Crippen molar-refractivity contribution in [1.82, 2.24) is 0 Å². The lowest BCUT2D eigenvalue weighted by molar-refractivity contribution is 0.481. The number of phenolic OH excluding ortho intramolecular Hbond substituents is 1. The largest absolute Gasteiger partial charge is 0.507 e. The van der Waals surface area contributed by atoms with Gasteiger partial charge in [0.25, 0.3) is 0 Å². The van der Waals surface area contributed by atoms with E-state index >= 15 is 0 Å². The van der Waals surface area contributed by atoms with Gasteiger partial charge in [0.15, 0.2) is 0 Å². The summed E-state index contributed by atoms with van der Waals surface area (Å²) in [4.78, 5) is 0. The Labute approximate surface area is 81.6 Å². The van der Waals surface area contributed by atoms with E-state index in [1.807, 2.05) is 12.1 Å². The molecule has 1 nitrogen and oxygen atoms in total. The summed E-state index contributed by atoms with van der Waals surface area (Å²) < 4.78 is 1.17. The monoisotopic (exact) mass is 192 g/mol. The van der Waals surface area contributed by atoms with Crippen LogP contribution in [0.4, 0.5) is 0 Å². The fraction of sp³-hybridized carbons (Fsp3) is 0.273. The van der Waals surface area contributed by atoms with Crippen molar-refractivity contribution in [3.8, 4) is 5.75 Å². The normalized spacial score (nSPS) is 11.3. The van der Waals surface area contributed by atoms with Crippen molar-refractivity contribution < 1.29 is 5.11 Å². The molecule has 2 heteroatoms. The molecule has 0 fully saturated rings. The smallest absolute Gasteiger partial charge is 0.124 e. The third-order valence-corrected chi connectivity index (χ3v) is 3.19. The number of benzene rings is 1. The lowest BCUT2D eigenvalue weighted by atomic mass is 10.0. The molecular weight excluding hydrogens is 180 g/mol. The molecule has 68 valence electrons. The highest BCUT2D eigenvalue weighted by atomic mass is 32.1. The van der Waals surface area contributed by atoms with Crippen molar-refractivity contribution in [2.75, 3.05) is 0 Å². The molecule has 1 aromatic heterocycles. The van der Waals surface area contributed by atoms with Crippen LogP contribution in [0.15, 0.2) is 23.6 Å².